The maximum atomic E-state index is 12.1. The Hall–Kier alpha value is -1.37. The number of hydrogen-bond donors (Lipinski definition) is 1. The predicted octanol–water partition coefficient (Wildman–Crippen LogP) is 2.90. The zero-order valence-electron chi connectivity index (χ0n) is 11.4. The van der Waals surface area contributed by atoms with Gasteiger partial charge in [-0.1, -0.05) is 16.8 Å². The molecule has 20 heavy (non-hydrogen) atoms. The van der Waals surface area contributed by atoms with E-state index in [0.29, 0.717) is 10.1 Å². The van der Waals surface area contributed by atoms with Crippen LogP contribution < -0.4 is 0 Å². The van der Waals surface area contributed by atoms with Crippen LogP contribution in [-0.2, 0) is 0 Å². The molecule has 0 radical (unpaired) electrons. The van der Waals surface area contributed by atoms with E-state index >= 15 is 0 Å². The molecule has 0 bridgehead atoms. The minimum Gasteiger partial charge on any atom is -0.389 e. The van der Waals surface area contributed by atoms with Gasteiger partial charge in [0.25, 0.3) is 5.91 Å². The van der Waals surface area contributed by atoms with Crippen molar-refractivity contribution in [1.82, 2.24) is 10.1 Å². The molecule has 0 fully saturated rings. The average molecular weight is 315 g/mol. The van der Waals surface area contributed by atoms with Crippen LogP contribution in [0, 0.1) is 0 Å². The Morgan fingerprint density at radius 3 is 2.80 bits per heavy atom. The van der Waals surface area contributed by atoms with Gasteiger partial charge in [-0.2, -0.15) is 0 Å². The van der Waals surface area contributed by atoms with Crippen molar-refractivity contribution in [2.45, 2.75) is 19.4 Å². The van der Waals surface area contributed by atoms with Crippen LogP contribution in [0.4, 0.5) is 0 Å². The second kappa shape index (κ2) is 5.55. The molecule has 108 valence electrons. The lowest BCUT2D eigenvalue weighted by Gasteiger charge is -2.24. The van der Waals surface area contributed by atoms with Crippen molar-refractivity contribution in [2.24, 2.45) is 0 Å². The molecule has 0 saturated carbocycles. The van der Waals surface area contributed by atoms with Crippen LogP contribution in [0.15, 0.2) is 22.7 Å². The minimum atomic E-state index is -0.960. The van der Waals surface area contributed by atoms with Crippen LogP contribution in [0.5, 0.6) is 0 Å². The minimum absolute atomic E-state index is 0.205. The Kier molecular flexibility index (Phi) is 4.17. The smallest absolute Gasteiger partial charge is 0.275 e. The Balaban J connectivity index is 2.14. The molecule has 1 amide bonds. The summed E-state index contributed by atoms with van der Waals surface area (Å²) in [6.45, 7) is 3.48. The number of thiophene rings is 1. The summed E-state index contributed by atoms with van der Waals surface area (Å²) >= 11 is 7.21. The SMILES string of the molecule is CN(CC(C)(C)O)C(=O)c1cc(-c2ccc(Cl)s2)on1. The molecule has 0 unspecified atom stereocenters. The van der Waals surface area contributed by atoms with Crippen LogP contribution in [-0.4, -0.2) is 40.3 Å². The largest absolute Gasteiger partial charge is 0.389 e. The van der Waals surface area contributed by atoms with Gasteiger partial charge in [-0.25, -0.2) is 0 Å². The highest BCUT2D eigenvalue weighted by Crippen LogP contribution is 2.31. The molecule has 5 nitrogen and oxygen atoms in total. The lowest BCUT2D eigenvalue weighted by molar-refractivity contribution is 0.0362. The fourth-order valence-corrected chi connectivity index (χ4v) is 2.78. The van der Waals surface area contributed by atoms with Crippen molar-refractivity contribution in [2.75, 3.05) is 13.6 Å². The van der Waals surface area contributed by atoms with Crippen molar-refractivity contribution < 1.29 is 14.4 Å². The molecule has 2 aromatic heterocycles. The van der Waals surface area contributed by atoms with Gasteiger partial charge in [0.1, 0.15) is 0 Å². The van der Waals surface area contributed by atoms with Gasteiger partial charge in [0.15, 0.2) is 11.5 Å². The molecule has 1 N–H and O–H groups in total. The Bertz CT molecular complexity index is 615. The van der Waals surface area contributed by atoms with Gasteiger partial charge in [-0.15, -0.1) is 11.3 Å². The maximum absolute atomic E-state index is 12.1. The monoisotopic (exact) mass is 314 g/mol. The van der Waals surface area contributed by atoms with Gasteiger partial charge in [0.05, 0.1) is 14.8 Å². The van der Waals surface area contributed by atoms with E-state index in [1.165, 1.54) is 16.2 Å². The molecule has 2 heterocycles. The first-order chi connectivity index (χ1) is 9.26. The molecule has 2 rings (SSSR count). The molecular formula is C13H15ClN2O3S. The third kappa shape index (κ3) is 3.59. The molecule has 0 aromatic carbocycles. The number of carbonyl (C=O) groups excluding carboxylic acids is 1. The summed E-state index contributed by atoms with van der Waals surface area (Å²) in [4.78, 5) is 14.4. The number of aliphatic hydroxyl groups is 1. The summed E-state index contributed by atoms with van der Waals surface area (Å²) < 4.78 is 5.80. The highest BCUT2D eigenvalue weighted by Gasteiger charge is 2.23. The van der Waals surface area contributed by atoms with Crippen LogP contribution in [0.1, 0.15) is 24.3 Å². The standard InChI is InChI=1S/C13H15ClN2O3S/c1-13(2,18)7-16(3)12(17)8-6-9(19-15-8)10-4-5-11(14)20-10/h4-6,18H,7H2,1-3H3. The summed E-state index contributed by atoms with van der Waals surface area (Å²) in [5.41, 5.74) is -0.755. The Morgan fingerprint density at radius 2 is 2.25 bits per heavy atom. The van der Waals surface area contributed by atoms with E-state index in [2.05, 4.69) is 5.16 Å². The van der Waals surface area contributed by atoms with E-state index < -0.39 is 5.60 Å². The zero-order valence-corrected chi connectivity index (χ0v) is 13.0. The summed E-state index contributed by atoms with van der Waals surface area (Å²) in [6.07, 6.45) is 0. The first kappa shape index (κ1) is 15.0. The molecule has 0 saturated heterocycles. The summed E-state index contributed by atoms with van der Waals surface area (Å²) in [6, 6.07) is 5.14. The van der Waals surface area contributed by atoms with Crippen LogP contribution in [0.25, 0.3) is 10.6 Å². The molecule has 0 aliphatic rings. The maximum Gasteiger partial charge on any atom is 0.275 e. The van der Waals surface area contributed by atoms with Crippen LogP contribution in [0.3, 0.4) is 0 Å². The Morgan fingerprint density at radius 1 is 1.55 bits per heavy atom. The number of likely N-dealkylation sites (N-methyl/N-ethyl adjacent to an activating group) is 1. The number of nitrogens with zero attached hydrogens (tertiary/aromatic N) is 2. The molecule has 0 spiro atoms. The third-order valence-corrected chi connectivity index (χ3v) is 3.76. The van der Waals surface area contributed by atoms with Crippen molar-refractivity contribution in [1.29, 1.82) is 0 Å². The van der Waals surface area contributed by atoms with Gasteiger partial charge < -0.3 is 14.5 Å². The highest BCUT2D eigenvalue weighted by atomic mass is 35.5. The van der Waals surface area contributed by atoms with Crippen LogP contribution >= 0.6 is 22.9 Å². The highest BCUT2D eigenvalue weighted by molar-refractivity contribution is 7.19. The topological polar surface area (TPSA) is 66.6 Å². The lowest BCUT2D eigenvalue weighted by atomic mass is 10.1. The summed E-state index contributed by atoms with van der Waals surface area (Å²) in [7, 11) is 1.61. The number of carbonyl (C=O) groups is 1. The fraction of sp³-hybridized carbons (Fsp3) is 0.385. The normalized spacial score (nSPS) is 11.7. The van der Waals surface area contributed by atoms with E-state index in [1.54, 1.807) is 33.0 Å². The Labute approximate surface area is 125 Å². The second-order valence-corrected chi connectivity index (χ2v) is 6.87. The van der Waals surface area contributed by atoms with Gasteiger partial charge in [-0.3, -0.25) is 4.79 Å². The number of halogens is 1. The fourth-order valence-electron chi connectivity index (χ4n) is 1.79. The van der Waals surface area contributed by atoms with Gasteiger partial charge >= 0.3 is 0 Å². The van der Waals surface area contributed by atoms with Crippen LogP contribution in [0.2, 0.25) is 4.34 Å². The number of rotatable bonds is 4. The number of aromatic nitrogens is 1. The van der Waals surface area contributed by atoms with Gasteiger partial charge in [0, 0.05) is 19.7 Å². The van der Waals surface area contributed by atoms with E-state index in [-0.39, 0.29) is 18.1 Å². The zero-order chi connectivity index (χ0) is 14.9. The van der Waals surface area contributed by atoms with Gasteiger partial charge in [-0.05, 0) is 26.0 Å². The molecule has 7 heteroatoms. The molecule has 0 aliphatic carbocycles. The summed E-state index contributed by atoms with van der Waals surface area (Å²) in [5.74, 6) is 0.201. The quantitative estimate of drug-likeness (QED) is 0.942. The predicted molar refractivity (Wildman–Crippen MR) is 78.1 cm³/mol. The third-order valence-electron chi connectivity index (χ3n) is 2.52. The van der Waals surface area contributed by atoms with Crippen molar-refractivity contribution >= 4 is 28.8 Å². The van der Waals surface area contributed by atoms with E-state index in [4.69, 9.17) is 16.1 Å². The van der Waals surface area contributed by atoms with Crippen molar-refractivity contribution in [3.63, 3.8) is 0 Å². The first-order valence-corrected chi connectivity index (χ1v) is 7.16. The lowest BCUT2D eigenvalue weighted by Crippen LogP contribution is -2.39. The number of hydrogen-bond acceptors (Lipinski definition) is 5. The van der Waals surface area contributed by atoms with E-state index in [9.17, 15) is 9.90 Å². The number of amides is 1. The average Bonchev–Trinajstić information content (AvgIpc) is 2.93. The van der Waals surface area contributed by atoms with Gasteiger partial charge in [0.2, 0.25) is 0 Å². The van der Waals surface area contributed by atoms with Crippen molar-refractivity contribution in [3.05, 3.63) is 28.2 Å². The molecule has 0 aliphatic heterocycles. The molecule has 2 aromatic rings. The second-order valence-electron chi connectivity index (χ2n) is 5.15. The molecule has 0 atom stereocenters. The summed E-state index contributed by atoms with van der Waals surface area (Å²) in [5, 5.41) is 13.5. The molecular weight excluding hydrogens is 300 g/mol. The van der Waals surface area contributed by atoms with Crippen molar-refractivity contribution in [3.8, 4) is 10.6 Å². The van der Waals surface area contributed by atoms with E-state index in [0.717, 1.165) is 4.88 Å². The first-order valence-electron chi connectivity index (χ1n) is 5.96. The van der Waals surface area contributed by atoms with E-state index in [1.807, 2.05) is 6.07 Å².